The number of likely N-dealkylation sites (tertiary alicyclic amines) is 1. The van der Waals surface area contributed by atoms with Gasteiger partial charge < -0.3 is 14.4 Å². The number of carbonyl (C=O) groups is 1. The molecule has 0 saturated carbocycles. The highest BCUT2D eigenvalue weighted by Gasteiger charge is 2.37. The zero-order valence-electron chi connectivity index (χ0n) is 19.0. The van der Waals surface area contributed by atoms with E-state index in [1.165, 1.54) is 24.3 Å². The lowest BCUT2D eigenvalue weighted by Crippen LogP contribution is -2.49. The first kappa shape index (κ1) is 21.6. The van der Waals surface area contributed by atoms with Crippen LogP contribution in [0.1, 0.15) is 34.0 Å². The number of hydrogen-bond donors (Lipinski definition) is 0. The van der Waals surface area contributed by atoms with Crippen LogP contribution >= 0.6 is 0 Å². The number of nitrogens with zero attached hydrogens (tertiary/aromatic N) is 3. The molecule has 0 unspecified atom stereocenters. The Labute approximate surface area is 193 Å². The Morgan fingerprint density at radius 2 is 1.73 bits per heavy atom. The molecule has 3 heterocycles. The molecule has 2 bridgehead atoms. The first-order valence-electron chi connectivity index (χ1n) is 11.4. The van der Waals surface area contributed by atoms with Crippen LogP contribution in [0.4, 0.5) is 4.39 Å². The average Bonchev–Trinajstić information content (AvgIpc) is 2.80. The van der Waals surface area contributed by atoms with E-state index in [0.29, 0.717) is 25.2 Å². The molecule has 33 heavy (non-hydrogen) atoms. The van der Waals surface area contributed by atoms with Gasteiger partial charge in [-0.05, 0) is 74.0 Å². The Hall–Kier alpha value is -3.25. The van der Waals surface area contributed by atoms with Crippen LogP contribution in [0.15, 0.2) is 65.5 Å². The Morgan fingerprint density at radius 1 is 0.970 bits per heavy atom. The fourth-order valence-electron chi connectivity index (χ4n) is 5.35. The largest absolute Gasteiger partial charge is 0.338 e. The summed E-state index contributed by atoms with van der Waals surface area (Å²) in [7, 11) is 4.05. The lowest BCUT2D eigenvalue weighted by molar-refractivity contribution is 0.0594. The molecule has 2 aromatic carbocycles. The van der Waals surface area contributed by atoms with Crippen molar-refractivity contribution >= 4 is 5.91 Å². The van der Waals surface area contributed by atoms with Crippen molar-refractivity contribution in [3.8, 4) is 11.1 Å². The molecule has 3 aromatic rings. The molecule has 5 nitrogen and oxygen atoms in total. The fraction of sp³-hybridized carbons (Fsp3) is 0.333. The van der Waals surface area contributed by atoms with Gasteiger partial charge in [0, 0.05) is 48.9 Å². The second kappa shape index (κ2) is 8.60. The summed E-state index contributed by atoms with van der Waals surface area (Å²) in [5, 5.41) is 0. The molecule has 1 fully saturated rings. The van der Waals surface area contributed by atoms with Crippen molar-refractivity contribution in [2.75, 3.05) is 27.2 Å². The van der Waals surface area contributed by atoms with Gasteiger partial charge in [-0.1, -0.05) is 24.3 Å². The van der Waals surface area contributed by atoms with Gasteiger partial charge in [-0.2, -0.15) is 0 Å². The van der Waals surface area contributed by atoms with E-state index < -0.39 is 0 Å². The van der Waals surface area contributed by atoms with E-state index in [2.05, 4.69) is 17.0 Å². The van der Waals surface area contributed by atoms with Crippen LogP contribution in [0.5, 0.6) is 0 Å². The average molecular weight is 446 g/mol. The maximum absolute atomic E-state index is 13.6. The first-order valence-corrected chi connectivity index (χ1v) is 11.4. The van der Waals surface area contributed by atoms with E-state index >= 15 is 0 Å². The summed E-state index contributed by atoms with van der Waals surface area (Å²) in [6.45, 7) is 2.56. The molecule has 2 aliphatic heterocycles. The van der Waals surface area contributed by atoms with Gasteiger partial charge in [-0.3, -0.25) is 9.59 Å². The molecule has 1 amide bonds. The van der Waals surface area contributed by atoms with Crippen LogP contribution in [0, 0.1) is 11.7 Å². The summed E-state index contributed by atoms with van der Waals surface area (Å²) in [5.74, 6) is -0.0701. The highest BCUT2D eigenvalue weighted by atomic mass is 19.1. The number of fused-ring (bicyclic) bond motifs is 4. The predicted molar refractivity (Wildman–Crippen MR) is 127 cm³/mol. The number of benzene rings is 2. The highest BCUT2D eigenvalue weighted by molar-refractivity contribution is 5.94. The Kier molecular flexibility index (Phi) is 5.62. The topological polar surface area (TPSA) is 45.6 Å². The fourth-order valence-corrected chi connectivity index (χ4v) is 5.35. The highest BCUT2D eigenvalue weighted by Crippen LogP contribution is 2.36. The van der Waals surface area contributed by atoms with E-state index in [1.54, 1.807) is 0 Å². The van der Waals surface area contributed by atoms with Crippen LogP contribution in [-0.4, -0.2) is 47.5 Å². The SMILES string of the molecule is CN(C)Cc1ccccc1-c1ccc2n(c1=O)C[C@@H]1C[C@@H]2CN(C(=O)c2ccc(F)cc2)C1. The normalized spacial score (nSPS) is 19.5. The zero-order chi connectivity index (χ0) is 23.1. The van der Waals surface area contributed by atoms with Gasteiger partial charge in [0.15, 0.2) is 0 Å². The van der Waals surface area contributed by atoms with Crippen molar-refractivity contribution in [1.29, 1.82) is 0 Å². The van der Waals surface area contributed by atoms with Gasteiger partial charge in [-0.15, -0.1) is 0 Å². The molecule has 1 aromatic heterocycles. The van der Waals surface area contributed by atoms with Gasteiger partial charge in [0.25, 0.3) is 11.5 Å². The summed E-state index contributed by atoms with van der Waals surface area (Å²) in [6.07, 6.45) is 0.975. The van der Waals surface area contributed by atoms with E-state index in [-0.39, 0.29) is 29.1 Å². The van der Waals surface area contributed by atoms with Gasteiger partial charge >= 0.3 is 0 Å². The molecular weight excluding hydrogens is 417 g/mol. The van der Waals surface area contributed by atoms with Crippen molar-refractivity contribution in [3.63, 3.8) is 0 Å². The lowest BCUT2D eigenvalue weighted by Gasteiger charge is -2.43. The zero-order valence-corrected chi connectivity index (χ0v) is 19.0. The maximum atomic E-state index is 13.6. The Morgan fingerprint density at radius 3 is 2.48 bits per heavy atom. The van der Waals surface area contributed by atoms with Crippen molar-refractivity contribution in [3.05, 3.63) is 93.7 Å². The van der Waals surface area contributed by atoms with Gasteiger partial charge in [0.1, 0.15) is 5.82 Å². The standard InChI is InChI=1S/C27H28FN3O2/c1-29(2)16-20-5-3-4-6-23(20)24-11-12-25-21-13-18(15-31(25)27(24)33)14-30(17-21)26(32)19-7-9-22(28)10-8-19/h3-12,18,21H,13-17H2,1-2H3/t18-,21-/m1/s1. The number of amides is 1. The van der Waals surface area contributed by atoms with Crippen molar-refractivity contribution in [2.24, 2.45) is 5.92 Å². The van der Waals surface area contributed by atoms with Crippen LogP contribution < -0.4 is 5.56 Å². The second-order valence-electron chi connectivity index (χ2n) is 9.50. The first-order chi connectivity index (χ1) is 15.9. The van der Waals surface area contributed by atoms with Crippen molar-refractivity contribution < 1.29 is 9.18 Å². The maximum Gasteiger partial charge on any atom is 0.258 e. The summed E-state index contributed by atoms with van der Waals surface area (Å²) >= 11 is 0. The third-order valence-electron chi connectivity index (χ3n) is 6.78. The van der Waals surface area contributed by atoms with Crippen molar-refractivity contribution in [1.82, 2.24) is 14.4 Å². The minimum absolute atomic E-state index is 0.0479. The Bertz CT molecular complexity index is 1250. The summed E-state index contributed by atoms with van der Waals surface area (Å²) in [4.78, 5) is 30.6. The molecule has 5 rings (SSSR count). The van der Waals surface area contributed by atoms with Crippen molar-refractivity contribution in [2.45, 2.75) is 25.4 Å². The quantitative estimate of drug-likeness (QED) is 0.610. The number of hydrogen-bond acceptors (Lipinski definition) is 3. The van der Waals surface area contributed by atoms with Crippen LogP contribution in [0.2, 0.25) is 0 Å². The van der Waals surface area contributed by atoms with Gasteiger partial charge in [0.05, 0.1) is 0 Å². The molecule has 0 aliphatic carbocycles. The van der Waals surface area contributed by atoms with E-state index in [4.69, 9.17) is 0 Å². The number of piperidine rings is 1. The summed E-state index contributed by atoms with van der Waals surface area (Å²) < 4.78 is 15.2. The summed E-state index contributed by atoms with van der Waals surface area (Å²) in [6, 6.07) is 17.8. The number of halogens is 1. The van der Waals surface area contributed by atoms with Gasteiger partial charge in [-0.25, -0.2) is 4.39 Å². The molecule has 170 valence electrons. The molecule has 0 radical (unpaired) electrons. The van der Waals surface area contributed by atoms with Crippen LogP contribution in [0.3, 0.4) is 0 Å². The van der Waals surface area contributed by atoms with Crippen LogP contribution in [-0.2, 0) is 13.1 Å². The number of aromatic nitrogens is 1. The second-order valence-corrected chi connectivity index (χ2v) is 9.50. The molecular formula is C27H28FN3O2. The number of pyridine rings is 1. The molecule has 2 aliphatic rings. The monoisotopic (exact) mass is 445 g/mol. The van der Waals surface area contributed by atoms with Crippen LogP contribution in [0.25, 0.3) is 11.1 Å². The molecule has 2 atom stereocenters. The predicted octanol–water partition coefficient (Wildman–Crippen LogP) is 3.98. The molecule has 6 heteroatoms. The van der Waals surface area contributed by atoms with Gasteiger partial charge in [0.2, 0.25) is 0 Å². The third kappa shape index (κ3) is 4.11. The number of carbonyl (C=O) groups excluding carboxylic acids is 1. The smallest absolute Gasteiger partial charge is 0.258 e. The summed E-state index contributed by atoms with van der Waals surface area (Å²) in [5.41, 5.74) is 4.40. The Balaban J connectivity index is 1.46. The molecule has 1 saturated heterocycles. The third-order valence-corrected chi connectivity index (χ3v) is 6.78. The van der Waals surface area contributed by atoms with E-state index in [1.807, 2.05) is 47.8 Å². The minimum Gasteiger partial charge on any atom is -0.338 e. The molecule has 0 spiro atoms. The van der Waals surface area contributed by atoms with E-state index in [9.17, 15) is 14.0 Å². The molecule has 0 N–H and O–H groups in total. The number of rotatable bonds is 4. The lowest BCUT2D eigenvalue weighted by atomic mass is 9.82. The van der Waals surface area contributed by atoms with E-state index in [0.717, 1.165) is 35.3 Å². The minimum atomic E-state index is -0.349.